The van der Waals surface area contributed by atoms with Crippen molar-refractivity contribution in [1.82, 2.24) is 14.5 Å². The Balaban J connectivity index is 1.76. The summed E-state index contributed by atoms with van der Waals surface area (Å²) < 4.78 is 6.83. The monoisotopic (exact) mass is 336 g/mol. The number of pyridine rings is 1. The minimum absolute atomic E-state index is 0.129. The number of hydrogen-bond acceptors (Lipinski definition) is 5. The lowest BCUT2D eigenvalue weighted by Gasteiger charge is -2.26. The van der Waals surface area contributed by atoms with Crippen molar-refractivity contribution in [2.75, 3.05) is 25.1 Å². The van der Waals surface area contributed by atoms with E-state index < -0.39 is 0 Å². The molecule has 1 aliphatic rings. The number of rotatable bonds is 3. The number of piperidine rings is 1. The molecular formula is C19H20N4O2. The number of anilines is 1. The summed E-state index contributed by atoms with van der Waals surface area (Å²) >= 11 is 0. The quantitative estimate of drug-likeness (QED) is 0.736. The van der Waals surface area contributed by atoms with Crippen molar-refractivity contribution in [3.05, 3.63) is 53.1 Å². The Morgan fingerprint density at radius 3 is 2.76 bits per heavy atom. The van der Waals surface area contributed by atoms with Crippen LogP contribution in [0.15, 0.2) is 47.5 Å². The van der Waals surface area contributed by atoms with Crippen LogP contribution < -0.4 is 15.2 Å². The highest BCUT2D eigenvalue weighted by Gasteiger charge is 2.15. The van der Waals surface area contributed by atoms with Crippen LogP contribution in [0.5, 0.6) is 5.75 Å². The topological polar surface area (TPSA) is 60.2 Å². The molecule has 0 saturated carbocycles. The molecule has 128 valence electrons. The molecule has 1 aliphatic heterocycles. The van der Waals surface area contributed by atoms with Gasteiger partial charge in [-0.2, -0.15) is 0 Å². The number of aromatic nitrogens is 3. The van der Waals surface area contributed by atoms with Gasteiger partial charge < -0.3 is 9.64 Å². The van der Waals surface area contributed by atoms with Crippen molar-refractivity contribution in [2.24, 2.45) is 0 Å². The van der Waals surface area contributed by atoms with E-state index in [9.17, 15) is 4.79 Å². The van der Waals surface area contributed by atoms with Gasteiger partial charge in [-0.25, -0.2) is 9.97 Å². The van der Waals surface area contributed by atoms with E-state index in [2.05, 4.69) is 14.9 Å². The first-order chi connectivity index (χ1) is 12.3. The summed E-state index contributed by atoms with van der Waals surface area (Å²) in [6.45, 7) is 1.96. The average molecular weight is 336 g/mol. The van der Waals surface area contributed by atoms with Gasteiger partial charge in [0.15, 0.2) is 0 Å². The van der Waals surface area contributed by atoms with Crippen LogP contribution in [0, 0.1) is 0 Å². The number of nitrogens with zero attached hydrogens (tertiary/aromatic N) is 4. The van der Waals surface area contributed by atoms with Gasteiger partial charge in [0.1, 0.15) is 5.75 Å². The number of hydrogen-bond donors (Lipinski definition) is 0. The van der Waals surface area contributed by atoms with Crippen LogP contribution in [0.2, 0.25) is 0 Å². The molecule has 1 fully saturated rings. The zero-order valence-corrected chi connectivity index (χ0v) is 14.2. The lowest BCUT2D eigenvalue weighted by Crippen LogP contribution is -2.31. The Bertz CT molecular complexity index is 961. The maximum Gasteiger partial charge on any atom is 0.266 e. The SMILES string of the molecule is COc1cccc(-n2ccc3nc(N4CCCCC4)ncc3c2=O)c1. The minimum Gasteiger partial charge on any atom is -0.497 e. The molecule has 0 radical (unpaired) electrons. The highest BCUT2D eigenvalue weighted by atomic mass is 16.5. The average Bonchev–Trinajstić information content (AvgIpc) is 2.69. The van der Waals surface area contributed by atoms with Crippen LogP contribution >= 0.6 is 0 Å². The molecule has 0 spiro atoms. The van der Waals surface area contributed by atoms with Crippen LogP contribution in [0.1, 0.15) is 19.3 Å². The lowest BCUT2D eigenvalue weighted by atomic mass is 10.1. The molecule has 25 heavy (non-hydrogen) atoms. The highest BCUT2D eigenvalue weighted by molar-refractivity contribution is 5.78. The van der Waals surface area contributed by atoms with E-state index >= 15 is 0 Å². The van der Waals surface area contributed by atoms with Crippen LogP contribution in [0.4, 0.5) is 5.95 Å². The number of methoxy groups -OCH3 is 1. The summed E-state index contributed by atoms with van der Waals surface area (Å²) in [6.07, 6.45) is 6.99. The smallest absolute Gasteiger partial charge is 0.266 e. The van der Waals surface area contributed by atoms with Crippen molar-refractivity contribution < 1.29 is 4.74 Å². The predicted molar refractivity (Wildman–Crippen MR) is 97.8 cm³/mol. The summed E-state index contributed by atoms with van der Waals surface area (Å²) in [5.41, 5.74) is 1.31. The molecule has 6 nitrogen and oxygen atoms in total. The predicted octanol–water partition coefficient (Wildman–Crippen LogP) is 2.78. The van der Waals surface area contributed by atoms with Crippen LogP contribution in [-0.4, -0.2) is 34.7 Å². The first-order valence-electron chi connectivity index (χ1n) is 8.54. The molecule has 4 rings (SSSR count). The van der Waals surface area contributed by atoms with Crippen molar-refractivity contribution in [3.63, 3.8) is 0 Å². The molecule has 0 atom stereocenters. The summed E-state index contributed by atoms with van der Waals surface area (Å²) in [6, 6.07) is 9.28. The molecule has 3 heterocycles. The van der Waals surface area contributed by atoms with Crippen molar-refractivity contribution in [1.29, 1.82) is 0 Å². The molecule has 1 aromatic carbocycles. The van der Waals surface area contributed by atoms with E-state index in [1.165, 1.54) is 19.3 Å². The van der Waals surface area contributed by atoms with E-state index in [-0.39, 0.29) is 5.56 Å². The van der Waals surface area contributed by atoms with Crippen molar-refractivity contribution >= 4 is 16.9 Å². The largest absolute Gasteiger partial charge is 0.497 e. The van der Waals surface area contributed by atoms with Gasteiger partial charge in [0.25, 0.3) is 5.56 Å². The number of fused-ring (bicyclic) bond motifs is 1. The minimum atomic E-state index is -0.129. The van der Waals surface area contributed by atoms with Crippen molar-refractivity contribution in [3.8, 4) is 11.4 Å². The van der Waals surface area contributed by atoms with Gasteiger partial charge in [0, 0.05) is 31.5 Å². The highest BCUT2D eigenvalue weighted by Crippen LogP contribution is 2.19. The third kappa shape index (κ3) is 2.95. The lowest BCUT2D eigenvalue weighted by molar-refractivity contribution is 0.414. The first kappa shape index (κ1) is 15.6. The van der Waals surface area contributed by atoms with E-state index in [1.807, 2.05) is 30.3 Å². The maximum atomic E-state index is 12.8. The first-order valence-corrected chi connectivity index (χ1v) is 8.54. The van der Waals surface area contributed by atoms with Gasteiger partial charge in [-0.3, -0.25) is 9.36 Å². The summed E-state index contributed by atoms with van der Waals surface area (Å²) in [5, 5.41) is 0.520. The second-order valence-electron chi connectivity index (χ2n) is 6.21. The van der Waals surface area contributed by atoms with Gasteiger partial charge in [-0.05, 0) is 37.5 Å². The number of benzene rings is 1. The molecule has 0 amide bonds. The van der Waals surface area contributed by atoms with Crippen LogP contribution in [0.3, 0.4) is 0 Å². The van der Waals surface area contributed by atoms with E-state index in [0.717, 1.165) is 18.8 Å². The van der Waals surface area contributed by atoms with Gasteiger partial charge >= 0.3 is 0 Å². The molecule has 6 heteroatoms. The van der Waals surface area contributed by atoms with Gasteiger partial charge in [0.05, 0.1) is 23.7 Å². The van der Waals surface area contributed by atoms with Gasteiger partial charge in [-0.15, -0.1) is 0 Å². The summed E-state index contributed by atoms with van der Waals surface area (Å²) in [4.78, 5) is 24.1. The van der Waals surface area contributed by atoms with Crippen LogP contribution in [-0.2, 0) is 0 Å². The van der Waals surface area contributed by atoms with Crippen LogP contribution in [0.25, 0.3) is 16.6 Å². The molecule has 0 N–H and O–H groups in total. The molecule has 0 aliphatic carbocycles. The Hall–Kier alpha value is -2.89. The Morgan fingerprint density at radius 2 is 1.96 bits per heavy atom. The molecule has 1 saturated heterocycles. The fourth-order valence-corrected chi connectivity index (χ4v) is 3.23. The Morgan fingerprint density at radius 1 is 1.12 bits per heavy atom. The second-order valence-corrected chi connectivity index (χ2v) is 6.21. The maximum absolute atomic E-state index is 12.8. The third-order valence-corrected chi connectivity index (χ3v) is 4.61. The second kappa shape index (κ2) is 6.55. The third-order valence-electron chi connectivity index (χ3n) is 4.61. The van der Waals surface area contributed by atoms with Gasteiger partial charge in [-0.1, -0.05) is 6.07 Å². The summed E-state index contributed by atoms with van der Waals surface area (Å²) in [7, 11) is 1.61. The molecule has 0 unspecified atom stereocenters. The number of ether oxygens (including phenoxy) is 1. The molecule has 2 aromatic heterocycles. The molecular weight excluding hydrogens is 316 g/mol. The molecule has 3 aromatic rings. The zero-order valence-electron chi connectivity index (χ0n) is 14.2. The fraction of sp³-hybridized carbons (Fsp3) is 0.316. The zero-order chi connectivity index (χ0) is 17.2. The Labute approximate surface area is 145 Å². The van der Waals surface area contributed by atoms with E-state index in [1.54, 1.807) is 24.1 Å². The van der Waals surface area contributed by atoms with E-state index in [0.29, 0.717) is 22.6 Å². The normalized spacial score (nSPS) is 14.7. The standard InChI is InChI=1S/C19H20N4O2/c1-25-15-7-5-6-14(12-15)23-11-8-17-16(18(23)24)13-20-19(21-17)22-9-3-2-4-10-22/h5-8,11-13H,2-4,9-10H2,1H3. The van der Waals surface area contributed by atoms with E-state index in [4.69, 9.17) is 4.74 Å². The van der Waals surface area contributed by atoms with Gasteiger partial charge in [0.2, 0.25) is 5.95 Å². The Kier molecular flexibility index (Phi) is 4.09. The fourth-order valence-electron chi connectivity index (χ4n) is 3.23. The molecule has 0 bridgehead atoms. The summed E-state index contributed by atoms with van der Waals surface area (Å²) in [5.74, 6) is 1.42. The van der Waals surface area contributed by atoms with Crippen molar-refractivity contribution in [2.45, 2.75) is 19.3 Å².